The van der Waals surface area contributed by atoms with Gasteiger partial charge in [-0.3, -0.25) is 4.79 Å². The highest BCUT2D eigenvalue weighted by Crippen LogP contribution is 2.30. The molecule has 1 aliphatic rings. The van der Waals surface area contributed by atoms with Crippen LogP contribution in [-0.4, -0.2) is 19.2 Å². The Morgan fingerprint density at radius 3 is 2.47 bits per heavy atom. The van der Waals surface area contributed by atoms with Crippen LogP contribution in [0.25, 0.3) is 10.8 Å². The minimum Gasteiger partial charge on any atom is -0.490 e. The molecule has 2 atom stereocenters. The Morgan fingerprint density at radius 1 is 1.07 bits per heavy atom. The zero-order valence-electron chi connectivity index (χ0n) is 19.2. The number of ether oxygens (including phenoxy) is 2. The first kappa shape index (κ1) is 22.7. The van der Waals surface area contributed by atoms with Gasteiger partial charge in [0.2, 0.25) is 0 Å². The van der Waals surface area contributed by atoms with Gasteiger partial charge in [0.15, 0.2) is 0 Å². The second kappa shape index (κ2) is 10.8. The number of hydrogen-bond acceptors (Lipinski definition) is 3. The van der Waals surface area contributed by atoms with Crippen molar-refractivity contribution in [1.29, 1.82) is 0 Å². The van der Waals surface area contributed by atoms with Gasteiger partial charge in [0.1, 0.15) is 5.75 Å². The van der Waals surface area contributed by atoms with Crippen LogP contribution in [-0.2, 0) is 16.0 Å². The molecule has 2 unspecified atom stereocenters. The summed E-state index contributed by atoms with van der Waals surface area (Å²) in [6.45, 7) is 6.69. The Labute approximate surface area is 182 Å². The van der Waals surface area contributed by atoms with Crippen molar-refractivity contribution in [3.8, 4) is 5.75 Å². The molecule has 0 aromatic heterocycles. The first-order chi connectivity index (χ1) is 14.5. The van der Waals surface area contributed by atoms with Gasteiger partial charge < -0.3 is 9.47 Å². The van der Waals surface area contributed by atoms with Gasteiger partial charge >= 0.3 is 5.97 Å². The molecule has 30 heavy (non-hydrogen) atoms. The largest absolute Gasteiger partial charge is 0.490 e. The Morgan fingerprint density at radius 2 is 1.77 bits per heavy atom. The minimum atomic E-state index is -0.0674. The number of methoxy groups -OCH3 is 1. The van der Waals surface area contributed by atoms with Crippen LogP contribution < -0.4 is 4.74 Å². The quantitative estimate of drug-likeness (QED) is 0.419. The molecular weight excluding hydrogens is 372 g/mol. The summed E-state index contributed by atoms with van der Waals surface area (Å²) in [5.41, 5.74) is 1.32. The summed E-state index contributed by atoms with van der Waals surface area (Å²) in [6, 6.07) is 13.2. The number of hydrogen-bond donors (Lipinski definition) is 0. The number of rotatable bonds is 9. The Bertz CT molecular complexity index is 820. The van der Waals surface area contributed by atoms with E-state index in [1.807, 2.05) is 0 Å². The number of carbonyl (C=O) groups is 1. The fourth-order valence-electron chi connectivity index (χ4n) is 4.83. The van der Waals surface area contributed by atoms with Crippen LogP contribution in [0.3, 0.4) is 0 Å². The number of benzene rings is 2. The lowest BCUT2D eigenvalue weighted by molar-refractivity contribution is -0.146. The Kier molecular flexibility index (Phi) is 8.18. The highest BCUT2D eigenvalue weighted by Gasteiger charge is 2.21. The highest BCUT2D eigenvalue weighted by atomic mass is 16.5. The van der Waals surface area contributed by atoms with Crippen molar-refractivity contribution in [3.63, 3.8) is 0 Å². The fourth-order valence-corrected chi connectivity index (χ4v) is 4.83. The summed E-state index contributed by atoms with van der Waals surface area (Å²) in [4.78, 5) is 12.0. The Hall–Kier alpha value is -2.03. The topological polar surface area (TPSA) is 35.5 Å². The van der Waals surface area contributed by atoms with Gasteiger partial charge in [0, 0.05) is 0 Å². The maximum atomic E-state index is 12.0. The molecule has 3 heteroatoms. The summed E-state index contributed by atoms with van der Waals surface area (Å²) >= 11 is 0. The second-order valence-corrected chi connectivity index (χ2v) is 9.40. The standard InChI is InChI=1S/C27H38O3/c1-5-6-24(27(28)29-4)16-20(3)15-21-9-10-23-18-26(14-11-22(23)17-21)30-25-12-7-19(2)8-13-25/h9-11,14,17-20,24-25H,5-8,12-13,15-16H2,1-4H3. The van der Waals surface area contributed by atoms with Crippen molar-refractivity contribution in [3.05, 3.63) is 42.0 Å². The zero-order valence-corrected chi connectivity index (χ0v) is 19.2. The van der Waals surface area contributed by atoms with Crippen LogP contribution in [0.1, 0.15) is 71.3 Å². The highest BCUT2D eigenvalue weighted by molar-refractivity contribution is 5.84. The predicted octanol–water partition coefficient (Wildman–Crippen LogP) is 6.96. The van der Waals surface area contributed by atoms with Gasteiger partial charge in [-0.15, -0.1) is 0 Å². The molecule has 1 aliphatic carbocycles. The maximum absolute atomic E-state index is 12.0. The third kappa shape index (κ3) is 6.23. The molecule has 0 saturated heterocycles. The van der Waals surface area contributed by atoms with E-state index in [-0.39, 0.29) is 11.9 Å². The summed E-state index contributed by atoms with van der Waals surface area (Å²) in [5, 5.41) is 2.48. The van der Waals surface area contributed by atoms with Crippen LogP contribution >= 0.6 is 0 Å². The molecule has 3 nitrogen and oxygen atoms in total. The van der Waals surface area contributed by atoms with Crippen LogP contribution in [0.4, 0.5) is 0 Å². The van der Waals surface area contributed by atoms with Crippen molar-refractivity contribution in [2.75, 3.05) is 7.11 Å². The van der Waals surface area contributed by atoms with Crippen LogP contribution in [0.15, 0.2) is 36.4 Å². The molecule has 0 heterocycles. The monoisotopic (exact) mass is 410 g/mol. The zero-order chi connectivity index (χ0) is 21.5. The van der Waals surface area contributed by atoms with Crippen LogP contribution in [0.5, 0.6) is 5.75 Å². The molecule has 1 saturated carbocycles. The molecule has 0 aliphatic heterocycles. The molecule has 0 spiro atoms. The van der Waals surface area contributed by atoms with E-state index in [1.54, 1.807) is 0 Å². The first-order valence-corrected chi connectivity index (χ1v) is 11.8. The lowest BCUT2D eigenvalue weighted by atomic mass is 9.88. The number of fused-ring (bicyclic) bond motifs is 1. The van der Waals surface area contributed by atoms with Crippen molar-refractivity contribution in [2.45, 2.75) is 78.2 Å². The van der Waals surface area contributed by atoms with Crippen molar-refractivity contribution in [2.24, 2.45) is 17.8 Å². The lowest BCUT2D eigenvalue weighted by Gasteiger charge is -2.27. The number of esters is 1. The van der Waals surface area contributed by atoms with Gasteiger partial charge in [-0.05, 0) is 85.3 Å². The van der Waals surface area contributed by atoms with Gasteiger partial charge in [-0.1, -0.05) is 51.5 Å². The maximum Gasteiger partial charge on any atom is 0.308 e. The molecule has 0 N–H and O–H groups in total. The lowest BCUT2D eigenvalue weighted by Crippen LogP contribution is -2.22. The predicted molar refractivity (Wildman–Crippen MR) is 124 cm³/mol. The van der Waals surface area contributed by atoms with Crippen LogP contribution in [0, 0.1) is 17.8 Å². The summed E-state index contributed by atoms with van der Waals surface area (Å²) in [6.07, 6.45) is 9.01. The normalized spacial score (nSPS) is 21.2. The fraction of sp³-hybridized carbons (Fsp3) is 0.593. The van der Waals surface area contributed by atoms with Gasteiger partial charge in [-0.2, -0.15) is 0 Å². The molecule has 0 amide bonds. The van der Waals surface area contributed by atoms with E-state index in [9.17, 15) is 4.79 Å². The summed E-state index contributed by atoms with van der Waals surface area (Å²) < 4.78 is 11.3. The van der Waals surface area contributed by atoms with Gasteiger partial charge in [0.05, 0.1) is 19.1 Å². The second-order valence-electron chi connectivity index (χ2n) is 9.40. The van der Waals surface area contributed by atoms with E-state index in [4.69, 9.17) is 9.47 Å². The molecule has 2 aromatic carbocycles. The van der Waals surface area contributed by atoms with Crippen molar-refractivity contribution >= 4 is 16.7 Å². The smallest absolute Gasteiger partial charge is 0.308 e. The SMILES string of the molecule is CCCC(CC(C)Cc1ccc2cc(OC3CCC(C)CC3)ccc2c1)C(=O)OC. The third-order valence-electron chi connectivity index (χ3n) is 6.58. The third-order valence-corrected chi connectivity index (χ3v) is 6.58. The molecule has 3 rings (SSSR count). The van der Waals surface area contributed by atoms with E-state index in [2.05, 4.69) is 57.2 Å². The van der Waals surface area contributed by atoms with Crippen LogP contribution in [0.2, 0.25) is 0 Å². The van der Waals surface area contributed by atoms with E-state index in [0.29, 0.717) is 12.0 Å². The van der Waals surface area contributed by atoms with E-state index in [0.717, 1.165) is 37.4 Å². The average molecular weight is 411 g/mol. The van der Waals surface area contributed by atoms with Crippen molar-refractivity contribution in [1.82, 2.24) is 0 Å². The van der Waals surface area contributed by atoms with E-state index >= 15 is 0 Å². The summed E-state index contributed by atoms with van der Waals surface area (Å²) in [5.74, 6) is 2.21. The molecular formula is C27H38O3. The average Bonchev–Trinajstić information content (AvgIpc) is 2.74. The molecule has 0 radical (unpaired) electrons. The molecule has 2 aromatic rings. The van der Waals surface area contributed by atoms with E-state index in [1.165, 1.54) is 49.1 Å². The first-order valence-electron chi connectivity index (χ1n) is 11.8. The molecule has 0 bridgehead atoms. The Balaban J connectivity index is 1.61. The molecule has 1 fully saturated rings. The van der Waals surface area contributed by atoms with Gasteiger partial charge in [-0.25, -0.2) is 0 Å². The van der Waals surface area contributed by atoms with Crippen molar-refractivity contribution < 1.29 is 14.3 Å². The minimum absolute atomic E-state index is 0.0120. The summed E-state index contributed by atoms with van der Waals surface area (Å²) in [7, 11) is 1.49. The number of carbonyl (C=O) groups excluding carboxylic acids is 1. The molecule has 164 valence electrons. The van der Waals surface area contributed by atoms with E-state index < -0.39 is 0 Å². The van der Waals surface area contributed by atoms with Gasteiger partial charge in [0.25, 0.3) is 0 Å².